The Morgan fingerprint density at radius 1 is 0.953 bits per heavy atom. The summed E-state index contributed by atoms with van der Waals surface area (Å²) in [4.78, 5) is 53.5. The van der Waals surface area contributed by atoms with Gasteiger partial charge in [-0.05, 0) is 50.7 Å². The van der Waals surface area contributed by atoms with Gasteiger partial charge in [-0.15, -0.1) is 0 Å². The average molecular weight is 590 g/mol. The van der Waals surface area contributed by atoms with Gasteiger partial charge in [0, 0.05) is 32.1 Å². The molecule has 0 spiro atoms. The number of fused-ring (bicyclic) bond motifs is 2. The standard InChI is InChI=1S/C31H39N7O5/c1-21-32-28-24(20-22-10-5-4-6-11-22)33-29(40)25-12-7-8-17-37(25)27(39)13-9-16-36(18-19-38(28)35-21)31(41)23-14-15-26(42-2)34-30(23)43-3/h4-6,10-11,14-15,24-25H,7-9,12-13,16-20H2,1-3H3,(H,33,40)/t24-,25+/m1/s1. The highest BCUT2D eigenvalue weighted by Crippen LogP contribution is 2.25. The molecule has 12 nitrogen and oxygen atoms in total. The first-order valence-corrected chi connectivity index (χ1v) is 14.8. The fourth-order valence-corrected chi connectivity index (χ4v) is 5.84. The summed E-state index contributed by atoms with van der Waals surface area (Å²) in [7, 11) is 2.96. The molecule has 228 valence electrons. The molecule has 3 aromatic rings. The van der Waals surface area contributed by atoms with Crippen molar-refractivity contribution in [3.8, 4) is 11.8 Å². The summed E-state index contributed by atoms with van der Waals surface area (Å²) < 4.78 is 12.4. The van der Waals surface area contributed by atoms with E-state index in [2.05, 4.69) is 15.4 Å². The normalized spacial score (nSPS) is 20.0. The van der Waals surface area contributed by atoms with Gasteiger partial charge in [-0.1, -0.05) is 30.3 Å². The Morgan fingerprint density at radius 3 is 2.53 bits per heavy atom. The number of benzene rings is 1. The number of methoxy groups -OCH3 is 2. The summed E-state index contributed by atoms with van der Waals surface area (Å²) in [5.74, 6) is 1.16. The van der Waals surface area contributed by atoms with E-state index in [4.69, 9.17) is 14.5 Å². The van der Waals surface area contributed by atoms with Crippen molar-refractivity contribution >= 4 is 17.7 Å². The van der Waals surface area contributed by atoms with Crippen molar-refractivity contribution in [2.75, 3.05) is 33.9 Å². The zero-order valence-corrected chi connectivity index (χ0v) is 25.0. The van der Waals surface area contributed by atoms with Crippen LogP contribution in [0.5, 0.6) is 11.8 Å². The Kier molecular flexibility index (Phi) is 9.53. The van der Waals surface area contributed by atoms with Crippen LogP contribution in [-0.4, -0.2) is 87.2 Å². The van der Waals surface area contributed by atoms with Gasteiger partial charge >= 0.3 is 0 Å². The fourth-order valence-electron chi connectivity index (χ4n) is 5.84. The van der Waals surface area contributed by atoms with E-state index >= 15 is 0 Å². The summed E-state index contributed by atoms with van der Waals surface area (Å²) in [6.45, 7) is 3.33. The number of nitrogens with zero attached hydrogens (tertiary/aromatic N) is 6. The van der Waals surface area contributed by atoms with E-state index in [1.807, 2.05) is 37.3 Å². The molecule has 1 saturated heterocycles. The molecule has 2 aliphatic rings. The molecule has 3 amide bonds. The minimum atomic E-state index is -0.549. The number of hydrogen-bond donors (Lipinski definition) is 1. The molecule has 0 saturated carbocycles. The van der Waals surface area contributed by atoms with E-state index in [1.165, 1.54) is 14.2 Å². The predicted molar refractivity (Wildman–Crippen MR) is 158 cm³/mol. The predicted octanol–water partition coefficient (Wildman–Crippen LogP) is 2.72. The number of piperidine rings is 1. The van der Waals surface area contributed by atoms with Crippen LogP contribution < -0.4 is 14.8 Å². The molecule has 4 heterocycles. The number of hydrogen-bond acceptors (Lipinski definition) is 8. The van der Waals surface area contributed by atoms with E-state index in [0.717, 1.165) is 18.4 Å². The highest BCUT2D eigenvalue weighted by molar-refractivity contribution is 5.96. The summed E-state index contributed by atoms with van der Waals surface area (Å²) in [6.07, 6.45) is 3.51. The lowest BCUT2D eigenvalue weighted by Crippen LogP contribution is -2.53. The third-order valence-corrected chi connectivity index (χ3v) is 8.00. The lowest BCUT2D eigenvalue weighted by molar-refractivity contribution is -0.142. The molecule has 5 rings (SSSR count). The van der Waals surface area contributed by atoms with E-state index < -0.39 is 12.1 Å². The fraction of sp³-hybridized carbons (Fsp3) is 0.484. The average Bonchev–Trinajstić information content (AvgIpc) is 3.41. The quantitative estimate of drug-likeness (QED) is 0.481. The van der Waals surface area contributed by atoms with Gasteiger partial charge in [0.1, 0.15) is 23.3 Å². The smallest absolute Gasteiger partial charge is 0.259 e. The number of pyridine rings is 1. The van der Waals surface area contributed by atoms with Gasteiger partial charge in [-0.3, -0.25) is 14.4 Å². The minimum absolute atomic E-state index is 0.0772. The molecular weight excluding hydrogens is 550 g/mol. The highest BCUT2D eigenvalue weighted by Gasteiger charge is 2.34. The largest absolute Gasteiger partial charge is 0.481 e. The molecule has 0 bridgehead atoms. The number of rotatable bonds is 5. The monoisotopic (exact) mass is 589 g/mol. The SMILES string of the molecule is COc1ccc(C(=O)N2CCCC(=O)N3CCCC[C@H]3C(=O)N[C@H](Cc3ccccc3)c3nc(C)nn3CC2)c(OC)n1. The zero-order valence-electron chi connectivity index (χ0n) is 25.0. The van der Waals surface area contributed by atoms with Crippen molar-refractivity contribution in [1.82, 2.24) is 34.9 Å². The van der Waals surface area contributed by atoms with Gasteiger partial charge in [0.05, 0.1) is 26.8 Å². The second-order valence-electron chi connectivity index (χ2n) is 10.9. The number of carbonyl (C=O) groups is 3. The van der Waals surface area contributed by atoms with Crippen molar-refractivity contribution in [3.05, 3.63) is 65.2 Å². The van der Waals surface area contributed by atoms with Crippen LogP contribution in [-0.2, 0) is 22.6 Å². The molecule has 1 N–H and O–H groups in total. The third-order valence-electron chi connectivity index (χ3n) is 8.00. The van der Waals surface area contributed by atoms with E-state index in [1.54, 1.807) is 26.6 Å². The van der Waals surface area contributed by atoms with E-state index in [0.29, 0.717) is 68.5 Å². The highest BCUT2D eigenvalue weighted by atomic mass is 16.5. The third kappa shape index (κ3) is 6.95. The van der Waals surface area contributed by atoms with Gasteiger partial charge in [-0.25, -0.2) is 9.67 Å². The maximum absolute atomic E-state index is 13.9. The van der Waals surface area contributed by atoms with Crippen LogP contribution >= 0.6 is 0 Å². The number of aromatic nitrogens is 4. The van der Waals surface area contributed by atoms with Crippen LogP contribution in [0.4, 0.5) is 0 Å². The van der Waals surface area contributed by atoms with Crippen molar-refractivity contribution in [2.24, 2.45) is 0 Å². The first kappa shape index (κ1) is 30.0. The van der Waals surface area contributed by atoms with Gasteiger partial charge < -0.3 is 24.6 Å². The first-order valence-electron chi connectivity index (χ1n) is 14.8. The molecule has 2 atom stereocenters. The molecule has 0 radical (unpaired) electrons. The Morgan fingerprint density at radius 2 is 1.77 bits per heavy atom. The Labute approximate surface area is 251 Å². The summed E-state index contributed by atoms with van der Waals surface area (Å²) in [5, 5.41) is 7.87. The van der Waals surface area contributed by atoms with Crippen LogP contribution in [0.1, 0.15) is 65.7 Å². The Hall–Kier alpha value is -4.48. The molecule has 1 fully saturated rings. The van der Waals surface area contributed by atoms with Gasteiger partial charge in [0.25, 0.3) is 5.91 Å². The molecule has 12 heteroatoms. The maximum Gasteiger partial charge on any atom is 0.259 e. The second kappa shape index (κ2) is 13.7. The van der Waals surface area contributed by atoms with Gasteiger partial charge in [-0.2, -0.15) is 10.1 Å². The lowest BCUT2D eigenvalue weighted by atomic mass is 9.99. The van der Waals surface area contributed by atoms with Crippen molar-refractivity contribution < 1.29 is 23.9 Å². The molecule has 0 unspecified atom stereocenters. The van der Waals surface area contributed by atoms with E-state index in [9.17, 15) is 14.4 Å². The van der Waals surface area contributed by atoms with Gasteiger partial charge in [0.2, 0.25) is 23.6 Å². The summed E-state index contributed by atoms with van der Waals surface area (Å²) >= 11 is 0. The van der Waals surface area contributed by atoms with Crippen LogP contribution in [0.25, 0.3) is 0 Å². The van der Waals surface area contributed by atoms with Crippen LogP contribution in [0, 0.1) is 6.92 Å². The van der Waals surface area contributed by atoms with Crippen molar-refractivity contribution in [3.63, 3.8) is 0 Å². The van der Waals surface area contributed by atoms with Gasteiger partial charge in [0.15, 0.2) is 0 Å². The number of ether oxygens (including phenoxy) is 2. The molecule has 0 aliphatic carbocycles. The second-order valence-corrected chi connectivity index (χ2v) is 10.9. The van der Waals surface area contributed by atoms with E-state index in [-0.39, 0.29) is 30.0 Å². The number of nitrogens with one attached hydrogen (secondary N) is 1. The van der Waals surface area contributed by atoms with Crippen molar-refractivity contribution in [1.29, 1.82) is 0 Å². The van der Waals surface area contributed by atoms with Crippen molar-refractivity contribution in [2.45, 2.75) is 64.1 Å². The maximum atomic E-state index is 13.9. The molecular formula is C31H39N7O5. The molecule has 2 aliphatic heterocycles. The Balaban J connectivity index is 1.50. The lowest BCUT2D eigenvalue weighted by Gasteiger charge is -2.36. The number of amides is 3. The van der Waals surface area contributed by atoms with Crippen LogP contribution in [0.15, 0.2) is 42.5 Å². The summed E-state index contributed by atoms with van der Waals surface area (Å²) in [5.41, 5.74) is 1.34. The molecule has 1 aromatic carbocycles. The first-order chi connectivity index (χ1) is 20.9. The molecule has 2 aromatic heterocycles. The minimum Gasteiger partial charge on any atom is -0.481 e. The topological polar surface area (TPSA) is 132 Å². The number of carbonyl (C=O) groups excluding carboxylic acids is 3. The van der Waals surface area contributed by atoms with Crippen LogP contribution in [0.2, 0.25) is 0 Å². The number of aryl methyl sites for hydroxylation is 1. The Bertz CT molecular complexity index is 1440. The van der Waals surface area contributed by atoms with Crippen LogP contribution in [0.3, 0.4) is 0 Å². The summed E-state index contributed by atoms with van der Waals surface area (Å²) in [6, 6.07) is 12.1. The molecule has 43 heavy (non-hydrogen) atoms. The zero-order chi connectivity index (χ0) is 30.3.